The number of nitrogens with two attached hydrogens (primary N) is 1. The van der Waals surface area contributed by atoms with Crippen LogP contribution in [0.1, 0.15) is 16.8 Å². The molecule has 0 saturated carbocycles. The number of hydrogen-bond acceptors (Lipinski definition) is 5. The molecule has 20 heavy (non-hydrogen) atoms. The topological polar surface area (TPSA) is 98.2 Å². The SMILES string of the molecule is Cc1cc(S(=O)(=O)Nc2onc(C)c2C)cc(N)c1Cl. The van der Waals surface area contributed by atoms with E-state index in [-0.39, 0.29) is 16.5 Å². The summed E-state index contributed by atoms with van der Waals surface area (Å²) in [6, 6.07) is 2.75. The summed E-state index contributed by atoms with van der Waals surface area (Å²) >= 11 is 5.92. The number of nitrogens with one attached hydrogen (secondary N) is 1. The second-order valence-corrected chi connectivity index (χ2v) is 6.53. The van der Waals surface area contributed by atoms with Gasteiger partial charge in [0.2, 0.25) is 5.88 Å². The maximum Gasteiger partial charge on any atom is 0.264 e. The molecule has 1 aromatic heterocycles. The predicted octanol–water partition coefficient (Wildman–Crippen LogP) is 2.64. The molecule has 0 unspecified atom stereocenters. The van der Waals surface area contributed by atoms with Gasteiger partial charge in [-0.25, -0.2) is 13.1 Å². The van der Waals surface area contributed by atoms with Crippen molar-refractivity contribution in [3.05, 3.63) is 34.0 Å². The third kappa shape index (κ3) is 2.59. The van der Waals surface area contributed by atoms with E-state index in [1.54, 1.807) is 20.8 Å². The fourth-order valence-corrected chi connectivity index (χ4v) is 2.88. The van der Waals surface area contributed by atoms with Crippen LogP contribution in [0.15, 0.2) is 21.6 Å². The minimum atomic E-state index is -3.81. The van der Waals surface area contributed by atoms with Crippen LogP contribution in [0.4, 0.5) is 11.6 Å². The number of aromatic nitrogens is 1. The number of nitrogen functional groups attached to an aromatic ring is 1. The van der Waals surface area contributed by atoms with Crippen molar-refractivity contribution in [2.45, 2.75) is 25.7 Å². The van der Waals surface area contributed by atoms with Crippen LogP contribution in [0.3, 0.4) is 0 Å². The molecule has 0 saturated heterocycles. The predicted molar refractivity (Wildman–Crippen MR) is 77.4 cm³/mol. The van der Waals surface area contributed by atoms with Crippen molar-refractivity contribution in [1.29, 1.82) is 0 Å². The lowest BCUT2D eigenvalue weighted by molar-refractivity contribution is 0.430. The van der Waals surface area contributed by atoms with Gasteiger partial charge in [0.25, 0.3) is 10.0 Å². The van der Waals surface area contributed by atoms with Crippen molar-refractivity contribution < 1.29 is 12.9 Å². The van der Waals surface area contributed by atoms with E-state index in [0.717, 1.165) is 0 Å². The molecule has 3 N–H and O–H groups in total. The lowest BCUT2D eigenvalue weighted by atomic mass is 10.2. The van der Waals surface area contributed by atoms with Gasteiger partial charge in [-0.2, -0.15) is 0 Å². The van der Waals surface area contributed by atoms with E-state index in [0.29, 0.717) is 21.8 Å². The Kier molecular flexibility index (Phi) is 3.66. The number of anilines is 2. The van der Waals surface area contributed by atoms with Crippen LogP contribution in [0, 0.1) is 20.8 Å². The fourth-order valence-electron chi connectivity index (χ4n) is 1.61. The lowest BCUT2D eigenvalue weighted by Gasteiger charge is -2.09. The molecule has 6 nitrogen and oxygen atoms in total. The lowest BCUT2D eigenvalue weighted by Crippen LogP contribution is -2.14. The summed E-state index contributed by atoms with van der Waals surface area (Å²) in [5.74, 6) is 0.0914. The van der Waals surface area contributed by atoms with Gasteiger partial charge in [-0.1, -0.05) is 16.8 Å². The van der Waals surface area contributed by atoms with Crippen molar-refractivity contribution in [3.8, 4) is 0 Å². The van der Waals surface area contributed by atoms with Crippen molar-refractivity contribution in [2.24, 2.45) is 0 Å². The molecule has 0 amide bonds. The highest BCUT2D eigenvalue weighted by Gasteiger charge is 2.20. The number of nitrogens with zero attached hydrogens (tertiary/aromatic N) is 1. The Bertz CT molecular complexity index is 745. The van der Waals surface area contributed by atoms with E-state index < -0.39 is 10.0 Å². The van der Waals surface area contributed by atoms with Gasteiger partial charge in [-0.3, -0.25) is 0 Å². The van der Waals surface area contributed by atoms with Crippen molar-refractivity contribution >= 4 is 33.2 Å². The highest BCUT2D eigenvalue weighted by molar-refractivity contribution is 7.92. The summed E-state index contributed by atoms with van der Waals surface area (Å²) in [6.45, 7) is 5.12. The summed E-state index contributed by atoms with van der Waals surface area (Å²) in [4.78, 5) is 0.0188. The zero-order valence-electron chi connectivity index (χ0n) is 11.2. The average Bonchev–Trinajstić information content (AvgIpc) is 2.67. The Morgan fingerprint density at radius 3 is 2.45 bits per heavy atom. The molecule has 0 aliphatic rings. The quantitative estimate of drug-likeness (QED) is 0.848. The first-order valence-corrected chi connectivity index (χ1v) is 7.60. The molecule has 0 fully saturated rings. The van der Waals surface area contributed by atoms with Crippen LogP contribution >= 0.6 is 11.6 Å². The monoisotopic (exact) mass is 315 g/mol. The molecule has 1 aromatic carbocycles. The Hall–Kier alpha value is -1.73. The summed E-state index contributed by atoms with van der Waals surface area (Å²) in [7, 11) is -3.81. The largest absolute Gasteiger partial charge is 0.397 e. The van der Waals surface area contributed by atoms with Crippen LogP contribution in [0.5, 0.6) is 0 Å². The van der Waals surface area contributed by atoms with E-state index in [2.05, 4.69) is 9.88 Å². The normalized spacial score (nSPS) is 11.6. The van der Waals surface area contributed by atoms with Crippen LogP contribution in [0.2, 0.25) is 5.02 Å². The van der Waals surface area contributed by atoms with E-state index in [1.165, 1.54) is 12.1 Å². The van der Waals surface area contributed by atoms with Gasteiger partial charge >= 0.3 is 0 Å². The van der Waals surface area contributed by atoms with Crippen LogP contribution in [-0.2, 0) is 10.0 Å². The molecule has 0 atom stereocenters. The number of hydrogen-bond donors (Lipinski definition) is 2. The highest BCUT2D eigenvalue weighted by atomic mass is 35.5. The number of sulfonamides is 1. The number of benzene rings is 1. The Labute approximate surface area is 122 Å². The molecule has 0 radical (unpaired) electrons. The highest BCUT2D eigenvalue weighted by Crippen LogP contribution is 2.28. The molecular weight excluding hydrogens is 302 g/mol. The molecule has 2 aromatic rings. The number of rotatable bonds is 3. The Morgan fingerprint density at radius 1 is 1.30 bits per heavy atom. The standard InChI is InChI=1S/C12H14ClN3O3S/c1-6-4-9(5-10(14)11(6)13)20(17,18)16-12-7(2)8(3)15-19-12/h4-5,16H,14H2,1-3H3. The first-order valence-electron chi connectivity index (χ1n) is 5.73. The van der Waals surface area contributed by atoms with Gasteiger partial charge in [0.05, 0.1) is 21.3 Å². The van der Waals surface area contributed by atoms with Gasteiger partial charge in [0.1, 0.15) is 0 Å². The van der Waals surface area contributed by atoms with Crippen molar-refractivity contribution in [2.75, 3.05) is 10.5 Å². The molecule has 0 spiro atoms. The zero-order chi connectivity index (χ0) is 15.1. The summed E-state index contributed by atoms with van der Waals surface area (Å²) < 4.78 is 31.8. The van der Waals surface area contributed by atoms with Gasteiger partial charge in [-0.05, 0) is 38.5 Å². The first-order chi connectivity index (χ1) is 9.22. The average molecular weight is 316 g/mol. The van der Waals surface area contributed by atoms with E-state index >= 15 is 0 Å². The van der Waals surface area contributed by atoms with Crippen LogP contribution in [0.25, 0.3) is 0 Å². The molecule has 8 heteroatoms. The van der Waals surface area contributed by atoms with E-state index in [1.807, 2.05) is 0 Å². The second kappa shape index (κ2) is 4.99. The third-order valence-corrected chi connectivity index (χ3v) is 4.78. The summed E-state index contributed by atoms with van der Waals surface area (Å²) in [6.07, 6.45) is 0. The fraction of sp³-hybridized carbons (Fsp3) is 0.250. The summed E-state index contributed by atoms with van der Waals surface area (Å²) in [5.41, 5.74) is 7.72. The van der Waals surface area contributed by atoms with Crippen LogP contribution in [-0.4, -0.2) is 13.6 Å². The smallest absolute Gasteiger partial charge is 0.264 e. The maximum absolute atomic E-state index is 12.3. The van der Waals surface area contributed by atoms with Gasteiger partial charge in [-0.15, -0.1) is 0 Å². The van der Waals surface area contributed by atoms with Gasteiger partial charge in [0.15, 0.2) is 0 Å². The Balaban J connectivity index is 2.43. The second-order valence-electron chi connectivity index (χ2n) is 4.47. The molecule has 0 bridgehead atoms. The Morgan fingerprint density at radius 2 is 1.95 bits per heavy atom. The molecule has 0 aliphatic carbocycles. The van der Waals surface area contributed by atoms with Crippen molar-refractivity contribution in [3.63, 3.8) is 0 Å². The number of aryl methyl sites for hydroxylation is 2. The van der Waals surface area contributed by atoms with Crippen LogP contribution < -0.4 is 10.5 Å². The minimum Gasteiger partial charge on any atom is -0.397 e. The van der Waals surface area contributed by atoms with Crippen molar-refractivity contribution in [1.82, 2.24) is 5.16 Å². The van der Waals surface area contributed by atoms with Gasteiger partial charge < -0.3 is 10.3 Å². The molecule has 108 valence electrons. The molecular formula is C12H14ClN3O3S. The molecule has 2 rings (SSSR count). The van der Waals surface area contributed by atoms with E-state index in [4.69, 9.17) is 21.9 Å². The zero-order valence-corrected chi connectivity index (χ0v) is 12.8. The molecule has 0 aliphatic heterocycles. The van der Waals surface area contributed by atoms with Gasteiger partial charge in [0, 0.05) is 5.56 Å². The maximum atomic E-state index is 12.3. The molecule has 1 heterocycles. The first kappa shape index (κ1) is 14.7. The minimum absolute atomic E-state index is 0.0188. The summed E-state index contributed by atoms with van der Waals surface area (Å²) in [5, 5.41) is 4.04. The third-order valence-electron chi connectivity index (χ3n) is 2.95. The number of halogens is 1. The van der Waals surface area contributed by atoms with E-state index in [9.17, 15) is 8.42 Å².